The van der Waals surface area contributed by atoms with E-state index >= 15 is 0 Å². The average molecular weight is 265 g/mol. The molecule has 0 aromatic carbocycles. The van der Waals surface area contributed by atoms with E-state index in [-0.39, 0.29) is 11.7 Å². The molecule has 1 aliphatic rings. The van der Waals surface area contributed by atoms with Gasteiger partial charge in [-0.05, 0) is 19.3 Å². The van der Waals surface area contributed by atoms with Crippen LogP contribution < -0.4 is 4.90 Å². The van der Waals surface area contributed by atoms with Gasteiger partial charge in [0.15, 0.2) is 0 Å². The summed E-state index contributed by atoms with van der Waals surface area (Å²) < 4.78 is 5.75. The highest BCUT2D eigenvalue weighted by Crippen LogP contribution is 2.22. The van der Waals surface area contributed by atoms with Crippen LogP contribution in [0.15, 0.2) is 12.5 Å². The fourth-order valence-corrected chi connectivity index (χ4v) is 2.28. The van der Waals surface area contributed by atoms with Gasteiger partial charge < -0.3 is 14.7 Å². The minimum Gasteiger partial charge on any atom is -0.477 e. The van der Waals surface area contributed by atoms with Gasteiger partial charge in [0.05, 0.1) is 6.10 Å². The van der Waals surface area contributed by atoms with Crippen molar-refractivity contribution in [2.75, 3.05) is 24.6 Å². The number of nitrogens with zero attached hydrogens (tertiary/aromatic N) is 3. The Bertz CT molecular complexity index is 439. The van der Waals surface area contributed by atoms with Crippen LogP contribution in [0.3, 0.4) is 0 Å². The summed E-state index contributed by atoms with van der Waals surface area (Å²) in [5, 5.41) is 9.17. The molecule has 0 bridgehead atoms. The monoisotopic (exact) mass is 265 g/mol. The predicted molar refractivity (Wildman–Crippen MR) is 70.5 cm³/mol. The van der Waals surface area contributed by atoms with Gasteiger partial charge in [-0.25, -0.2) is 14.8 Å². The van der Waals surface area contributed by atoms with Crippen LogP contribution in [0.25, 0.3) is 0 Å². The summed E-state index contributed by atoms with van der Waals surface area (Å²) in [4.78, 5) is 21.1. The van der Waals surface area contributed by atoms with E-state index in [1.807, 2.05) is 4.90 Å². The summed E-state index contributed by atoms with van der Waals surface area (Å²) in [5.74, 6) is -0.500. The molecule has 6 nitrogen and oxygen atoms in total. The lowest BCUT2D eigenvalue weighted by atomic mass is 10.1. The normalized spacial score (nSPS) is 19.4. The number of hydrogen-bond donors (Lipinski definition) is 1. The maximum atomic E-state index is 11.2. The van der Waals surface area contributed by atoms with Crippen LogP contribution in [-0.4, -0.2) is 46.8 Å². The number of piperidine rings is 1. The Balaban J connectivity index is 2.11. The summed E-state index contributed by atoms with van der Waals surface area (Å²) in [6, 6.07) is 0. The van der Waals surface area contributed by atoms with E-state index in [0.717, 1.165) is 32.4 Å². The van der Waals surface area contributed by atoms with Gasteiger partial charge in [0.25, 0.3) is 0 Å². The van der Waals surface area contributed by atoms with Gasteiger partial charge in [0, 0.05) is 25.9 Å². The number of carboxylic acid groups (broad SMARTS) is 1. The van der Waals surface area contributed by atoms with Crippen LogP contribution in [0.2, 0.25) is 0 Å². The van der Waals surface area contributed by atoms with Gasteiger partial charge >= 0.3 is 5.97 Å². The van der Waals surface area contributed by atoms with Gasteiger partial charge in [0.2, 0.25) is 0 Å². The molecule has 1 atom stereocenters. The van der Waals surface area contributed by atoms with E-state index in [1.165, 1.54) is 12.5 Å². The molecule has 1 aliphatic heterocycles. The van der Waals surface area contributed by atoms with Crippen molar-refractivity contribution in [2.24, 2.45) is 0 Å². The molecule has 2 rings (SSSR count). The molecule has 1 saturated heterocycles. The number of hydrogen-bond acceptors (Lipinski definition) is 5. The van der Waals surface area contributed by atoms with E-state index < -0.39 is 5.97 Å². The third-order valence-corrected chi connectivity index (χ3v) is 3.16. The van der Waals surface area contributed by atoms with Gasteiger partial charge in [-0.15, -0.1) is 0 Å². The van der Waals surface area contributed by atoms with Crippen molar-refractivity contribution < 1.29 is 14.6 Å². The maximum Gasteiger partial charge on any atom is 0.341 e. The first-order valence-corrected chi connectivity index (χ1v) is 6.62. The molecule has 104 valence electrons. The highest BCUT2D eigenvalue weighted by Gasteiger charge is 2.24. The molecule has 0 aliphatic carbocycles. The zero-order chi connectivity index (χ0) is 13.7. The van der Waals surface area contributed by atoms with Gasteiger partial charge in [-0.1, -0.05) is 6.92 Å². The van der Waals surface area contributed by atoms with E-state index in [0.29, 0.717) is 12.4 Å². The third-order valence-electron chi connectivity index (χ3n) is 3.16. The van der Waals surface area contributed by atoms with Gasteiger partial charge in [-0.2, -0.15) is 0 Å². The van der Waals surface area contributed by atoms with E-state index in [9.17, 15) is 4.79 Å². The number of carbonyl (C=O) groups is 1. The van der Waals surface area contributed by atoms with Crippen LogP contribution in [0.4, 0.5) is 5.82 Å². The SMILES string of the molecule is CCCOC1CCCN(c2ncncc2C(=O)O)C1. The highest BCUT2D eigenvalue weighted by molar-refractivity contribution is 5.92. The van der Waals surface area contributed by atoms with Crippen LogP contribution in [0.5, 0.6) is 0 Å². The minimum atomic E-state index is -0.993. The number of carboxylic acids is 1. The number of aromatic nitrogens is 2. The number of rotatable bonds is 5. The van der Waals surface area contributed by atoms with Gasteiger partial charge in [-0.3, -0.25) is 0 Å². The molecule has 0 amide bonds. The second-order valence-electron chi connectivity index (χ2n) is 4.65. The molecule has 0 saturated carbocycles. The van der Waals surface area contributed by atoms with Crippen molar-refractivity contribution >= 4 is 11.8 Å². The summed E-state index contributed by atoms with van der Waals surface area (Å²) >= 11 is 0. The fraction of sp³-hybridized carbons (Fsp3) is 0.615. The molecular weight excluding hydrogens is 246 g/mol. The largest absolute Gasteiger partial charge is 0.477 e. The Morgan fingerprint density at radius 2 is 2.47 bits per heavy atom. The maximum absolute atomic E-state index is 11.2. The molecular formula is C13H19N3O3. The predicted octanol–water partition coefficient (Wildman–Crippen LogP) is 1.57. The lowest BCUT2D eigenvalue weighted by Gasteiger charge is -2.33. The van der Waals surface area contributed by atoms with Crippen LogP contribution in [0, 0.1) is 0 Å². The van der Waals surface area contributed by atoms with Crippen LogP contribution >= 0.6 is 0 Å². The first-order valence-electron chi connectivity index (χ1n) is 6.62. The zero-order valence-electron chi connectivity index (χ0n) is 11.1. The molecule has 1 aromatic heterocycles. The lowest BCUT2D eigenvalue weighted by molar-refractivity contribution is 0.0437. The lowest BCUT2D eigenvalue weighted by Crippen LogP contribution is -2.41. The second-order valence-corrected chi connectivity index (χ2v) is 4.65. The average Bonchev–Trinajstić information content (AvgIpc) is 2.45. The third kappa shape index (κ3) is 3.41. The molecule has 0 radical (unpaired) electrons. The van der Waals surface area contributed by atoms with E-state index in [1.54, 1.807) is 0 Å². The Morgan fingerprint density at radius 3 is 3.21 bits per heavy atom. The Labute approximate surface area is 112 Å². The van der Waals surface area contributed by atoms with Crippen molar-refractivity contribution in [2.45, 2.75) is 32.3 Å². The Kier molecular flexibility index (Phi) is 4.68. The second kappa shape index (κ2) is 6.47. The van der Waals surface area contributed by atoms with E-state index in [2.05, 4.69) is 16.9 Å². The fourth-order valence-electron chi connectivity index (χ4n) is 2.28. The number of ether oxygens (including phenoxy) is 1. The summed E-state index contributed by atoms with van der Waals surface area (Å²) in [6.45, 7) is 4.32. The smallest absolute Gasteiger partial charge is 0.341 e. The molecule has 1 fully saturated rings. The van der Waals surface area contributed by atoms with Crippen molar-refractivity contribution in [3.8, 4) is 0 Å². The zero-order valence-corrected chi connectivity index (χ0v) is 11.1. The molecule has 19 heavy (non-hydrogen) atoms. The quantitative estimate of drug-likeness (QED) is 0.871. The number of aromatic carboxylic acids is 1. The highest BCUT2D eigenvalue weighted by atomic mass is 16.5. The molecule has 0 spiro atoms. The first-order chi connectivity index (χ1) is 9.22. The van der Waals surface area contributed by atoms with Crippen molar-refractivity contribution in [1.82, 2.24) is 9.97 Å². The van der Waals surface area contributed by atoms with Crippen molar-refractivity contribution in [1.29, 1.82) is 0 Å². The Morgan fingerprint density at radius 1 is 1.63 bits per heavy atom. The molecule has 2 heterocycles. The molecule has 1 unspecified atom stereocenters. The summed E-state index contributed by atoms with van der Waals surface area (Å²) in [5.41, 5.74) is 0.152. The molecule has 1 N–H and O–H groups in total. The van der Waals surface area contributed by atoms with Crippen molar-refractivity contribution in [3.63, 3.8) is 0 Å². The van der Waals surface area contributed by atoms with Gasteiger partial charge in [0.1, 0.15) is 17.7 Å². The minimum absolute atomic E-state index is 0.152. The van der Waals surface area contributed by atoms with Crippen molar-refractivity contribution in [3.05, 3.63) is 18.1 Å². The number of anilines is 1. The topological polar surface area (TPSA) is 75.5 Å². The standard InChI is InChI=1S/C13H19N3O3/c1-2-6-19-10-4-3-5-16(8-10)12-11(13(17)18)7-14-9-15-12/h7,9-10H,2-6,8H2,1H3,(H,17,18). The first kappa shape index (κ1) is 13.7. The molecule has 6 heteroatoms. The molecule has 1 aromatic rings. The van der Waals surface area contributed by atoms with Crippen LogP contribution in [0.1, 0.15) is 36.5 Å². The summed E-state index contributed by atoms with van der Waals surface area (Å²) in [6.07, 6.45) is 5.89. The van der Waals surface area contributed by atoms with E-state index in [4.69, 9.17) is 9.84 Å². The summed E-state index contributed by atoms with van der Waals surface area (Å²) in [7, 11) is 0. The Hall–Kier alpha value is -1.69. The van der Waals surface area contributed by atoms with Crippen LogP contribution in [-0.2, 0) is 4.74 Å².